The van der Waals surface area contributed by atoms with Gasteiger partial charge in [0.2, 0.25) is 0 Å². The lowest BCUT2D eigenvalue weighted by Crippen LogP contribution is -2.44. The zero-order valence-electron chi connectivity index (χ0n) is 9.80. The molecule has 0 aromatic carbocycles. The van der Waals surface area contributed by atoms with Gasteiger partial charge in [-0.2, -0.15) is 4.63 Å². The summed E-state index contributed by atoms with van der Waals surface area (Å²) in [6.45, 7) is 7.14. The maximum Gasteiger partial charge on any atom is 0.314 e. The number of aromatic nitrogens is 2. The second-order valence-corrected chi connectivity index (χ2v) is 4.81. The van der Waals surface area contributed by atoms with Crippen LogP contribution in [0.3, 0.4) is 0 Å². The van der Waals surface area contributed by atoms with E-state index in [0.29, 0.717) is 0 Å². The number of carbonyl (C=O) groups excluding carboxylic acids is 1. The minimum Gasteiger partial charge on any atom is -0.425 e. The standard InChI is InChI=1S/C9H17N3O4/c1-9(2,3)8(13)14-7-15-12-11(16-12)10-5-4-6-10/h4-7H2,1-3H3. The monoisotopic (exact) mass is 231 g/mol. The number of esters is 1. The van der Waals surface area contributed by atoms with Gasteiger partial charge in [-0.25, -0.2) is 0 Å². The van der Waals surface area contributed by atoms with E-state index in [-0.39, 0.29) is 12.8 Å². The molecule has 0 unspecified atom stereocenters. The summed E-state index contributed by atoms with van der Waals surface area (Å²) in [5.74, 6) is -0.301. The Hall–Kier alpha value is -1.53. The minimum absolute atomic E-state index is 0.138. The number of ether oxygens (including phenoxy) is 1. The first kappa shape index (κ1) is 11.0. The van der Waals surface area contributed by atoms with Gasteiger partial charge in [-0.1, -0.05) is 0 Å². The molecule has 1 aromatic rings. The first-order valence-electron chi connectivity index (χ1n) is 5.32. The lowest BCUT2D eigenvalue weighted by atomic mass is 9.98. The zero-order valence-corrected chi connectivity index (χ0v) is 9.80. The van der Waals surface area contributed by atoms with Crippen molar-refractivity contribution in [2.24, 2.45) is 5.41 Å². The average molecular weight is 231 g/mol. The van der Waals surface area contributed by atoms with Crippen LogP contribution in [0.2, 0.25) is 0 Å². The van der Waals surface area contributed by atoms with Gasteiger partial charge < -0.3 is 9.57 Å². The molecule has 1 fully saturated rings. The van der Waals surface area contributed by atoms with Crippen molar-refractivity contribution in [2.75, 3.05) is 24.9 Å². The Bertz CT molecular complexity index is 353. The third-order valence-corrected chi connectivity index (χ3v) is 2.30. The number of hydrogen-bond acceptors (Lipinski definition) is 5. The summed E-state index contributed by atoms with van der Waals surface area (Å²) >= 11 is 0. The molecule has 92 valence electrons. The van der Waals surface area contributed by atoms with Crippen LogP contribution >= 0.6 is 0 Å². The van der Waals surface area contributed by atoms with E-state index >= 15 is 0 Å². The second-order valence-electron chi connectivity index (χ2n) is 4.81. The van der Waals surface area contributed by atoms with Crippen molar-refractivity contribution in [2.45, 2.75) is 27.2 Å². The molecule has 0 radical (unpaired) electrons. The smallest absolute Gasteiger partial charge is 0.314 e. The van der Waals surface area contributed by atoms with Crippen molar-refractivity contribution in [3.05, 3.63) is 0 Å². The fourth-order valence-electron chi connectivity index (χ4n) is 1.09. The van der Waals surface area contributed by atoms with Crippen LogP contribution in [0, 0.1) is 5.41 Å². The molecule has 0 saturated carbocycles. The van der Waals surface area contributed by atoms with Gasteiger partial charge in [0.1, 0.15) is 5.02 Å². The summed E-state index contributed by atoms with van der Waals surface area (Å²) in [6.07, 6.45) is 1.16. The molecule has 2 heterocycles. The highest BCUT2D eigenvalue weighted by Crippen LogP contribution is 2.14. The van der Waals surface area contributed by atoms with Gasteiger partial charge in [0, 0.05) is 18.1 Å². The molecule has 1 saturated heterocycles. The SMILES string of the molecule is CC(C)(C)C(=O)OCOn1on1N1CCC1. The molecule has 0 amide bonds. The number of hydrogen-bond donors (Lipinski definition) is 0. The van der Waals surface area contributed by atoms with Crippen LogP contribution in [0.1, 0.15) is 27.2 Å². The highest BCUT2D eigenvalue weighted by atomic mass is 17.0. The van der Waals surface area contributed by atoms with Crippen LogP contribution in [0.25, 0.3) is 0 Å². The third kappa shape index (κ3) is 2.34. The Balaban J connectivity index is 1.65. The molecular weight excluding hydrogens is 214 g/mol. The quantitative estimate of drug-likeness (QED) is 0.547. The van der Waals surface area contributed by atoms with Gasteiger partial charge in [0.05, 0.1) is 5.41 Å². The molecule has 7 nitrogen and oxygen atoms in total. The first-order valence-corrected chi connectivity index (χ1v) is 5.32. The van der Waals surface area contributed by atoms with Crippen molar-refractivity contribution in [1.29, 1.82) is 0 Å². The molecule has 0 atom stereocenters. The van der Waals surface area contributed by atoms with Crippen molar-refractivity contribution < 1.29 is 19.0 Å². The van der Waals surface area contributed by atoms with Crippen LogP contribution < -0.4 is 9.85 Å². The Morgan fingerprint density at radius 2 is 2.06 bits per heavy atom. The predicted octanol–water partition coefficient (Wildman–Crippen LogP) is 0.200. The maximum atomic E-state index is 11.4. The van der Waals surface area contributed by atoms with Gasteiger partial charge in [-0.05, 0) is 27.2 Å². The summed E-state index contributed by atoms with van der Waals surface area (Å²) in [6, 6.07) is 0. The lowest BCUT2D eigenvalue weighted by Gasteiger charge is -2.25. The maximum absolute atomic E-state index is 11.4. The van der Waals surface area contributed by atoms with Gasteiger partial charge in [0.15, 0.2) is 0 Å². The highest BCUT2D eigenvalue weighted by molar-refractivity contribution is 5.75. The van der Waals surface area contributed by atoms with Gasteiger partial charge in [-0.15, -0.1) is 0 Å². The summed E-state index contributed by atoms with van der Waals surface area (Å²) in [5.41, 5.74) is -0.514. The van der Waals surface area contributed by atoms with Crippen molar-refractivity contribution in [3.63, 3.8) is 0 Å². The molecule has 16 heavy (non-hydrogen) atoms. The van der Waals surface area contributed by atoms with E-state index in [1.807, 2.05) is 5.01 Å². The highest BCUT2D eigenvalue weighted by Gasteiger charge is 2.27. The average Bonchev–Trinajstić information content (AvgIpc) is 2.79. The molecule has 0 spiro atoms. The summed E-state index contributed by atoms with van der Waals surface area (Å²) in [4.78, 5) is 17.9. The fourth-order valence-corrected chi connectivity index (χ4v) is 1.09. The number of carbonyl (C=O) groups is 1. The van der Waals surface area contributed by atoms with Crippen LogP contribution in [0.4, 0.5) is 0 Å². The normalized spacial score (nSPS) is 16.1. The van der Waals surface area contributed by atoms with Crippen molar-refractivity contribution >= 4 is 5.97 Å². The van der Waals surface area contributed by atoms with Crippen LogP contribution in [0.5, 0.6) is 0 Å². The number of nitrogens with zero attached hydrogens (tertiary/aromatic N) is 3. The Labute approximate surface area is 93.3 Å². The Morgan fingerprint density at radius 3 is 2.56 bits per heavy atom. The van der Waals surface area contributed by atoms with Crippen molar-refractivity contribution in [3.8, 4) is 0 Å². The second kappa shape index (κ2) is 3.80. The molecule has 0 aliphatic carbocycles. The molecule has 0 N–H and O–H groups in total. The molecule has 1 aliphatic heterocycles. The Morgan fingerprint density at radius 1 is 1.38 bits per heavy atom. The summed E-state index contributed by atoms with van der Waals surface area (Å²) in [5, 5.41) is 3.15. The summed E-state index contributed by atoms with van der Waals surface area (Å²) < 4.78 is 9.88. The fraction of sp³-hybridized carbons (Fsp3) is 0.889. The van der Waals surface area contributed by atoms with Crippen LogP contribution in [-0.2, 0) is 9.53 Å². The van der Waals surface area contributed by atoms with E-state index in [4.69, 9.17) is 14.2 Å². The van der Waals surface area contributed by atoms with Gasteiger partial charge >= 0.3 is 5.97 Å². The topological polar surface area (TPSA) is 61.8 Å². The minimum atomic E-state index is -0.514. The molecular formula is C9H17N3O4. The van der Waals surface area contributed by atoms with Gasteiger partial charge in [-0.3, -0.25) is 9.80 Å². The molecule has 7 heteroatoms. The van der Waals surface area contributed by atoms with E-state index < -0.39 is 5.41 Å². The van der Waals surface area contributed by atoms with Crippen molar-refractivity contribution in [1.82, 2.24) is 9.98 Å². The number of rotatable bonds is 4. The molecule has 2 rings (SSSR count). The van der Waals surface area contributed by atoms with E-state index in [9.17, 15) is 4.79 Å². The predicted molar refractivity (Wildman–Crippen MR) is 54.3 cm³/mol. The summed E-state index contributed by atoms with van der Waals surface area (Å²) in [7, 11) is 0. The zero-order chi connectivity index (χ0) is 11.8. The molecule has 1 aromatic heterocycles. The lowest BCUT2D eigenvalue weighted by molar-refractivity contribution is -0.168. The van der Waals surface area contributed by atoms with Crippen LogP contribution in [-0.4, -0.2) is 35.8 Å². The van der Waals surface area contributed by atoms with Gasteiger partial charge in [0.25, 0.3) is 6.79 Å². The van der Waals surface area contributed by atoms with E-state index in [0.717, 1.165) is 19.5 Å². The molecule has 1 aliphatic rings. The van der Waals surface area contributed by atoms with E-state index in [1.165, 1.54) is 9.98 Å². The first-order chi connectivity index (χ1) is 7.48. The van der Waals surface area contributed by atoms with Crippen LogP contribution in [0.15, 0.2) is 4.63 Å². The third-order valence-electron chi connectivity index (χ3n) is 2.30. The van der Waals surface area contributed by atoms with E-state index in [1.54, 1.807) is 20.8 Å². The Kier molecular flexibility index (Phi) is 2.61. The van der Waals surface area contributed by atoms with E-state index in [2.05, 4.69) is 0 Å². The largest absolute Gasteiger partial charge is 0.425 e. The molecule has 0 bridgehead atoms.